The first-order valence-corrected chi connectivity index (χ1v) is 12.2. The van der Waals surface area contributed by atoms with Gasteiger partial charge in [-0.2, -0.15) is 0 Å². The van der Waals surface area contributed by atoms with E-state index in [1.165, 1.54) is 69.8 Å². The van der Waals surface area contributed by atoms with Crippen molar-refractivity contribution in [2.75, 3.05) is 6.61 Å². The van der Waals surface area contributed by atoms with Crippen LogP contribution in [0.5, 0.6) is 0 Å². The normalized spacial score (nSPS) is 28.3. The van der Waals surface area contributed by atoms with Crippen LogP contribution in [-0.2, 0) is 11.3 Å². The van der Waals surface area contributed by atoms with E-state index in [0.29, 0.717) is 6.61 Å². The molecule has 29 heavy (non-hydrogen) atoms. The van der Waals surface area contributed by atoms with Crippen LogP contribution >= 0.6 is 0 Å². The summed E-state index contributed by atoms with van der Waals surface area (Å²) in [6, 6.07) is 9.25. The van der Waals surface area contributed by atoms with Crippen LogP contribution in [0.15, 0.2) is 48.6 Å². The molecule has 1 heteroatoms. The lowest BCUT2D eigenvalue weighted by molar-refractivity contribution is 0.148. The smallest absolute Gasteiger partial charge is 0.0721 e. The molecule has 0 bridgehead atoms. The van der Waals surface area contributed by atoms with Gasteiger partial charge in [-0.3, -0.25) is 0 Å². The Balaban J connectivity index is 1.38. The van der Waals surface area contributed by atoms with E-state index in [-0.39, 0.29) is 0 Å². The van der Waals surface area contributed by atoms with E-state index in [9.17, 15) is 0 Å². The molecule has 0 amide bonds. The Labute approximate surface area is 179 Å². The fraction of sp³-hybridized carbons (Fsp3) is 0.643. The molecule has 0 aromatic heterocycles. The summed E-state index contributed by atoms with van der Waals surface area (Å²) in [5.74, 6) is 3.80. The van der Waals surface area contributed by atoms with Gasteiger partial charge in [0.1, 0.15) is 0 Å². The molecule has 1 nitrogen and oxygen atoms in total. The van der Waals surface area contributed by atoms with E-state index < -0.39 is 0 Å². The Hall–Kier alpha value is -1.34. The minimum absolute atomic E-state index is 0.708. The molecule has 2 saturated carbocycles. The second kappa shape index (κ2) is 12.4. The Kier molecular flexibility index (Phi) is 9.54. The summed E-state index contributed by atoms with van der Waals surface area (Å²) in [4.78, 5) is 0. The number of rotatable bonds is 9. The number of hydrogen-bond acceptors (Lipinski definition) is 1. The average molecular weight is 395 g/mol. The SMILES string of the molecule is C/C=C/CCC1CCC(C2CCC(c3ccc(COC/C=C/C)cc3)CC2)CC1. The second-order valence-corrected chi connectivity index (χ2v) is 9.36. The summed E-state index contributed by atoms with van der Waals surface area (Å²) in [6.07, 6.45) is 23.0. The van der Waals surface area contributed by atoms with Gasteiger partial charge in [-0.15, -0.1) is 0 Å². The van der Waals surface area contributed by atoms with Crippen LogP contribution in [0.2, 0.25) is 0 Å². The Morgan fingerprint density at radius 2 is 1.41 bits per heavy atom. The zero-order valence-electron chi connectivity index (χ0n) is 18.8. The van der Waals surface area contributed by atoms with E-state index in [1.807, 2.05) is 13.0 Å². The Morgan fingerprint density at radius 1 is 0.793 bits per heavy atom. The van der Waals surface area contributed by atoms with Crippen molar-refractivity contribution in [3.05, 3.63) is 59.7 Å². The van der Waals surface area contributed by atoms with Crippen LogP contribution in [0.4, 0.5) is 0 Å². The monoisotopic (exact) mass is 394 g/mol. The highest BCUT2D eigenvalue weighted by molar-refractivity contribution is 5.25. The quantitative estimate of drug-likeness (QED) is 0.303. The van der Waals surface area contributed by atoms with Crippen molar-refractivity contribution in [2.24, 2.45) is 17.8 Å². The first-order valence-electron chi connectivity index (χ1n) is 12.2. The van der Waals surface area contributed by atoms with Crippen LogP contribution in [0.1, 0.15) is 95.1 Å². The van der Waals surface area contributed by atoms with Crippen LogP contribution in [0, 0.1) is 17.8 Å². The van der Waals surface area contributed by atoms with E-state index in [2.05, 4.69) is 49.4 Å². The summed E-state index contributed by atoms with van der Waals surface area (Å²) < 4.78 is 5.67. The predicted octanol–water partition coefficient (Wildman–Crippen LogP) is 8.22. The molecule has 0 unspecified atom stereocenters. The minimum Gasteiger partial charge on any atom is -0.373 e. The Morgan fingerprint density at radius 3 is 2.03 bits per heavy atom. The fourth-order valence-corrected chi connectivity index (χ4v) is 5.60. The summed E-state index contributed by atoms with van der Waals surface area (Å²) >= 11 is 0. The fourth-order valence-electron chi connectivity index (χ4n) is 5.60. The highest BCUT2D eigenvalue weighted by atomic mass is 16.5. The topological polar surface area (TPSA) is 9.23 Å². The molecule has 2 fully saturated rings. The van der Waals surface area contributed by atoms with Crippen molar-refractivity contribution in [1.82, 2.24) is 0 Å². The molecule has 0 saturated heterocycles. The maximum Gasteiger partial charge on any atom is 0.0721 e. The molecule has 0 N–H and O–H groups in total. The molecular formula is C28H42O. The van der Waals surface area contributed by atoms with E-state index in [0.717, 1.165) is 30.3 Å². The summed E-state index contributed by atoms with van der Waals surface area (Å²) in [5, 5.41) is 0. The van der Waals surface area contributed by atoms with E-state index in [1.54, 1.807) is 5.56 Å². The number of ether oxygens (including phenoxy) is 1. The van der Waals surface area contributed by atoms with Gasteiger partial charge < -0.3 is 4.74 Å². The average Bonchev–Trinajstić information content (AvgIpc) is 2.78. The van der Waals surface area contributed by atoms with Gasteiger partial charge >= 0.3 is 0 Å². The van der Waals surface area contributed by atoms with Crippen LogP contribution < -0.4 is 0 Å². The van der Waals surface area contributed by atoms with Crippen molar-refractivity contribution >= 4 is 0 Å². The third-order valence-corrected chi connectivity index (χ3v) is 7.48. The van der Waals surface area contributed by atoms with Crippen molar-refractivity contribution in [3.63, 3.8) is 0 Å². The maximum absolute atomic E-state index is 5.67. The van der Waals surface area contributed by atoms with Gasteiger partial charge in [-0.1, -0.05) is 61.4 Å². The van der Waals surface area contributed by atoms with Gasteiger partial charge in [0.05, 0.1) is 13.2 Å². The molecule has 1 aromatic rings. The van der Waals surface area contributed by atoms with Gasteiger partial charge in [0.2, 0.25) is 0 Å². The van der Waals surface area contributed by atoms with Gasteiger partial charge in [0.15, 0.2) is 0 Å². The molecule has 0 spiro atoms. The van der Waals surface area contributed by atoms with Gasteiger partial charge in [-0.05, 0) is 100 Å². The number of hydrogen-bond donors (Lipinski definition) is 0. The van der Waals surface area contributed by atoms with Crippen molar-refractivity contribution in [2.45, 2.75) is 90.6 Å². The highest BCUT2D eigenvalue weighted by Gasteiger charge is 2.31. The minimum atomic E-state index is 0.708. The summed E-state index contributed by atoms with van der Waals surface area (Å²) in [6.45, 7) is 5.60. The summed E-state index contributed by atoms with van der Waals surface area (Å²) in [7, 11) is 0. The largest absolute Gasteiger partial charge is 0.373 e. The molecule has 2 aliphatic carbocycles. The highest BCUT2D eigenvalue weighted by Crippen LogP contribution is 2.44. The van der Waals surface area contributed by atoms with Gasteiger partial charge in [-0.25, -0.2) is 0 Å². The lowest BCUT2D eigenvalue weighted by atomic mass is 9.68. The molecule has 0 aliphatic heterocycles. The zero-order chi connectivity index (χ0) is 20.3. The molecule has 0 atom stereocenters. The molecule has 3 rings (SSSR count). The van der Waals surface area contributed by atoms with Crippen molar-refractivity contribution in [3.8, 4) is 0 Å². The maximum atomic E-state index is 5.67. The Bertz CT molecular complexity index is 610. The molecule has 160 valence electrons. The first-order chi connectivity index (χ1) is 14.3. The van der Waals surface area contributed by atoms with Crippen LogP contribution in [-0.4, -0.2) is 6.61 Å². The lowest BCUT2D eigenvalue weighted by Crippen LogP contribution is -2.25. The van der Waals surface area contributed by atoms with Crippen LogP contribution in [0.3, 0.4) is 0 Å². The van der Waals surface area contributed by atoms with E-state index in [4.69, 9.17) is 4.74 Å². The number of allylic oxidation sites excluding steroid dienone is 3. The van der Waals surface area contributed by atoms with Gasteiger partial charge in [0.25, 0.3) is 0 Å². The molecule has 0 radical (unpaired) electrons. The molecule has 1 aromatic carbocycles. The van der Waals surface area contributed by atoms with Gasteiger partial charge in [0, 0.05) is 0 Å². The molecular weight excluding hydrogens is 352 g/mol. The third kappa shape index (κ3) is 7.14. The standard InChI is InChI=1S/C28H42O/c1-3-5-7-8-23-9-13-25(14-10-23)27-17-19-28(20-18-27)26-15-11-24(12-16-26)22-29-21-6-4-2/h3-6,11-12,15-16,23,25,27-28H,7-10,13-14,17-22H2,1-2H3/b5-3+,6-4+. The molecule has 0 heterocycles. The van der Waals surface area contributed by atoms with Crippen LogP contribution in [0.25, 0.3) is 0 Å². The van der Waals surface area contributed by atoms with Crippen molar-refractivity contribution < 1.29 is 4.74 Å². The third-order valence-electron chi connectivity index (χ3n) is 7.48. The lowest BCUT2D eigenvalue weighted by Gasteiger charge is -2.38. The molecule has 2 aliphatic rings. The summed E-state index contributed by atoms with van der Waals surface area (Å²) in [5.41, 5.74) is 2.84. The number of benzene rings is 1. The predicted molar refractivity (Wildman–Crippen MR) is 125 cm³/mol. The van der Waals surface area contributed by atoms with Crippen molar-refractivity contribution in [1.29, 1.82) is 0 Å². The second-order valence-electron chi connectivity index (χ2n) is 9.36. The zero-order valence-corrected chi connectivity index (χ0v) is 18.8. The van der Waals surface area contributed by atoms with E-state index >= 15 is 0 Å². The first kappa shape index (κ1) is 22.3.